The van der Waals surface area contributed by atoms with Crippen LogP contribution < -0.4 is 10.2 Å². The van der Waals surface area contributed by atoms with E-state index in [4.69, 9.17) is 11.6 Å². The van der Waals surface area contributed by atoms with Gasteiger partial charge in [-0.05, 0) is 42.2 Å². The maximum absolute atomic E-state index is 12.8. The number of carbonyl (C=O) groups is 2. The first-order chi connectivity index (χ1) is 14.2. The number of carbonyl (C=O) groups excluding carboxylic acids is 2. The van der Waals surface area contributed by atoms with Crippen LogP contribution in [-0.4, -0.2) is 48.9 Å². The van der Waals surface area contributed by atoms with Crippen LogP contribution >= 0.6 is 11.6 Å². The molecule has 2 amide bonds. The Morgan fingerprint density at radius 2 is 1.57 bits per heavy atom. The maximum atomic E-state index is 12.8. The van der Waals surface area contributed by atoms with E-state index in [1.54, 1.807) is 11.8 Å². The van der Waals surface area contributed by atoms with E-state index in [2.05, 4.69) is 31.0 Å². The quantitative estimate of drug-likeness (QED) is 0.799. The predicted octanol–water partition coefficient (Wildman–Crippen LogP) is 4.10. The summed E-state index contributed by atoms with van der Waals surface area (Å²) in [5.41, 5.74) is 2.75. The van der Waals surface area contributed by atoms with Crippen LogP contribution in [0, 0.1) is 0 Å². The van der Waals surface area contributed by atoms with Crippen molar-refractivity contribution >= 4 is 29.1 Å². The number of anilines is 1. The number of rotatable bonds is 4. The molecular weight excluding hydrogens is 398 g/mol. The van der Waals surface area contributed by atoms with Gasteiger partial charge in [0.05, 0.1) is 10.7 Å². The van der Waals surface area contributed by atoms with Crippen molar-refractivity contribution in [1.82, 2.24) is 10.2 Å². The number of hydrogen-bond donors (Lipinski definition) is 1. The lowest BCUT2D eigenvalue weighted by molar-refractivity contribution is -0.133. The van der Waals surface area contributed by atoms with Crippen molar-refractivity contribution in [3.8, 4) is 0 Å². The summed E-state index contributed by atoms with van der Waals surface area (Å²) in [7, 11) is 0. The Morgan fingerprint density at radius 1 is 0.967 bits per heavy atom. The van der Waals surface area contributed by atoms with Crippen molar-refractivity contribution in [2.24, 2.45) is 0 Å². The highest BCUT2D eigenvalue weighted by atomic mass is 35.5. The molecule has 1 aliphatic rings. The second kappa shape index (κ2) is 9.09. The van der Waals surface area contributed by atoms with Gasteiger partial charge in [-0.2, -0.15) is 0 Å². The second-order valence-corrected chi connectivity index (χ2v) is 9.19. The molecule has 2 aromatic rings. The predicted molar refractivity (Wildman–Crippen MR) is 122 cm³/mol. The van der Waals surface area contributed by atoms with Gasteiger partial charge in [0.1, 0.15) is 6.04 Å². The van der Waals surface area contributed by atoms with E-state index in [9.17, 15) is 9.59 Å². The van der Waals surface area contributed by atoms with Crippen LogP contribution in [0.25, 0.3) is 0 Å². The first-order valence-electron chi connectivity index (χ1n) is 10.4. The highest BCUT2D eigenvalue weighted by Gasteiger charge is 2.27. The molecule has 0 aliphatic carbocycles. The normalized spacial score (nSPS) is 15.6. The fourth-order valence-corrected chi connectivity index (χ4v) is 3.87. The van der Waals surface area contributed by atoms with Gasteiger partial charge in [-0.1, -0.05) is 56.6 Å². The summed E-state index contributed by atoms with van der Waals surface area (Å²) in [6.45, 7) is 10.8. The zero-order valence-electron chi connectivity index (χ0n) is 18.1. The van der Waals surface area contributed by atoms with Crippen molar-refractivity contribution in [1.29, 1.82) is 0 Å². The third kappa shape index (κ3) is 5.14. The van der Waals surface area contributed by atoms with Gasteiger partial charge in [0.25, 0.3) is 5.91 Å². The summed E-state index contributed by atoms with van der Waals surface area (Å²) in [5.74, 6) is -0.292. The fraction of sp³-hybridized carbons (Fsp3) is 0.417. The molecule has 5 nitrogen and oxygen atoms in total. The molecular formula is C24H30ClN3O2. The largest absolute Gasteiger partial charge is 0.367 e. The SMILES string of the molecule is CC(NC(=O)c1ccc(C(C)(C)C)cc1)C(=O)N1CCN(c2ccccc2Cl)CC1. The molecule has 1 aliphatic heterocycles. The monoisotopic (exact) mass is 427 g/mol. The van der Waals surface area contributed by atoms with Gasteiger partial charge < -0.3 is 15.1 Å². The van der Waals surface area contributed by atoms with E-state index in [1.807, 2.05) is 48.5 Å². The molecule has 1 N–H and O–H groups in total. The molecule has 0 spiro atoms. The third-order valence-corrected chi connectivity index (χ3v) is 5.84. The minimum atomic E-state index is -0.577. The molecule has 1 saturated heterocycles. The average molecular weight is 428 g/mol. The summed E-state index contributed by atoms with van der Waals surface area (Å²) < 4.78 is 0. The number of nitrogens with zero attached hydrogens (tertiary/aromatic N) is 2. The van der Waals surface area contributed by atoms with Crippen LogP contribution in [0.5, 0.6) is 0 Å². The molecule has 0 saturated carbocycles. The second-order valence-electron chi connectivity index (χ2n) is 8.79. The Morgan fingerprint density at radius 3 is 2.13 bits per heavy atom. The fourth-order valence-electron chi connectivity index (χ4n) is 3.61. The van der Waals surface area contributed by atoms with Crippen molar-refractivity contribution in [2.75, 3.05) is 31.1 Å². The van der Waals surface area contributed by atoms with Crippen LogP contribution in [0.1, 0.15) is 43.6 Å². The summed E-state index contributed by atoms with van der Waals surface area (Å²) in [5, 5.41) is 3.56. The Balaban J connectivity index is 1.55. The molecule has 0 aromatic heterocycles. The van der Waals surface area contributed by atoms with Crippen LogP contribution in [0.15, 0.2) is 48.5 Å². The van der Waals surface area contributed by atoms with Crippen LogP contribution in [0.4, 0.5) is 5.69 Å². The first kappa shape index (κ1) is 22.2. The lowest BCUT2D eigenvalue weighted by atomic mass is 9.86. The molecule has 1 atom stereocenters. The average Bonchev–Trinajstić information content (AvgIpc) is 2.73. The number of halogens is 1. The minimum Gasteiger partial charge on any atom is -0.367 e. The van der Waals surface area contributed by atoms with Crippen LogP contribution in [0.3, 0.4) is 0 Å². The number of hydrogen-bond acceptors (Lipinski definition) is 3. The van der Waals surface area contributed by atoms with Crippen LogP contribution in [-0.2, 0) is 10.2 Å². The number of para-hydroxylation sites is 1. The topological polar surface area (TPSA) is 52.7 Å². The van der Waals surface area contributed by atoms with E-state index in [0.29, 0.717) is 31.7 Å². The molecule has 0 radical (unpaired) electrons. The number of piperazine rings is 1. The lowest BCUT2D eigenvalue weighted by Gasteiger charge is -2.37. The van der Waals surface area contributed by atoms with E-state index in [-0.39, 0.29) is 17.2 Å². The highest BCUT2D eigenvalue weighted by Crippen LogP contribution is 2.26. The Kier molecular flexibility index (Phi) is 6.71. The summed E-state index contributed by atoms with van der Waals surface area (Å²) in [6.07, 6.45) is 0. The van der Waals surface area contributed by atoms with Crippen molar-refractivity contribution in [3.05, 3.63) is 64.7 Å². The molecule has 30 heavy (non-hydrogen) atoms. The Labute approximate surface area is 184 Å². The van der Waals surface area contributed by atoms with E-state index in [0.717, 1.165) is 10.7 Å². The van der Waals surface area contributed by atoms with Gasteiger partial charge in [0.15, 0.2) is 0 Å². The van der Waals surface area contributed by atoms with Gasteiger partial charge in [-0.15, -0.1) is 0 Å². The summed E-state index contributed by atoms with van der Waals surface area (Å²) in [4.78, 5) is 29.4. The Hall–Kier alpha value is -2.53. The zero-order chi connectivity index (χ0) is 21.9. The molecule has 160 valence electrons. The molecule has 1 fully saturated rings. The first-order valence-corrected chi connectivity index (χ1v) is 10.7. The molecule has 3 rings (SSSR count). The highest BCUT2D eigenvalue weighted by molar-refractivity contribution is 6.33. The van der Waals surface area contributed by atoms with Gasteiger partial charge in [0.2, 0.25) is 5.91 Å². The number of amides is 2. The van der Waals surface area contributed by atoms with Crippen LogP contribution in [0.2, 0.25) is 5.02 Å². The smallest absolute Gasteiger partial charge is 0.251 e. The minimum absolute atomic E-state index is 0.0321. The Bertz CT molecular complexity index is 897. The molecule has 2 aromatic carbocycles. The molecule has 1 heterocycles. The summed E-state index contributed by atoms with van der Waals surface area (Å²) >= 11 is 6.29. The summed E-state index contributed by atoms with van der Waals surface area (Å²) in [6, 6.07) is 14.7. The van der Waals surface area contributed by atoms with Gasteiger partial charge in [0, 0.05) is 31.7 Å². The van der Waals surface area contributed by atoms with Gasteiger partial charge >= 0.3 is 0 Å². The zero-order valence-corrected chi connectivity index (χ0v) is 18.9. The van der Waals surface area contributed by atoms with Gasteiger partial charge in [-0.25, -0.2) is 0 Å². The molecule has 6 heteroatoms. The number of nitrogens with one attached hydrogen (secondary N) is 1. The maximum Gasteiger partial charge on any atom is 0.251 e. The number of benzene rings is 2. The van der Waals surface area contributed by atoms with Crippen molar-refractivity contribution in [2.45, 2.75) is 39.2 Å². The molecule has 1 unspecified atom stereocenters. The van der Waals surface area contributed by atoms with E-state index >= 15 is 0 Å². The third-order valence-electron chi connectivity index (χ3n) is 5.52. The van der Waals surface area contributed by atoms with E-state index in [1.165, 1.54) is 5.56 Å². The van der Waals surface area contributed by atoms with E-state index < -0.39 is 6.04 Å². The van der Waals surface area contributed by atoms with Gasteiger partial charge in [-0.3, -0.25) is 9.59 Å². The van der Waals surface area contributed by atoms with Crippen molar-refractivity contribution in [3.63, 3.8) is 0 Å². The lowest BCUT2D eigenvalue weighted by Crippen LogP contribution is -2.54. The van der Waals surface area contributed by atoms with Crippen molar-refractivity contribution < 1.29 is 9.59 Å². The molecule has 0 bridgehead atoms. The standard InChI is InChI=1S/C24H30ClN3O2/c1-17(26-22(29)18-9-11-19(12-10-18)24(2,3)4)23(30)28-15-13-27(14-16-28)21-8-6-5-7-20(21)25/h5-12,17H,13-16H2,1-4H3,(H,26,29).